The van der Waals surface area contributed by atoms with E-state index in [9.17, 15) is 0 Å². The van der Waals surface area contributed by atoms with E-state index in [4.69, 9.17) is 4.74 Å². The Hall–Kier alpha value is -1.32. The minimum Gasteiger partial charge on any atom is -0.474 e. The molecule has 0 radical (unpaired) electrons. The first-order valence-corrected chi connectivity index (χ1v) is 7.89. The van der Waals surface area contributed by atoms with Gasteiger partial charge in [-0.15, -0.1) is 0 Å². The van der Waals surface area contributed by atoms with Crippen LogP contribution in [0.3, 0.4) is 0 Å². The summed E-state index contributed by atoms with van der Waals surface area (Å²) in [6.45, 7) is 9.16. The molecule has 1 aromatic rings. The highest BCUT2D eigenvalue weighted by Crippen LogP contribution is 2.31. The van der Waals surface area contributed by atoms with Crippen LogP contribution in [0.2, 0.25) is 0 Å². The molecule has 1 aliphatic carbocycles. The van der Waals surface area contributed by atoms with Crippen LogP contribution >= 0.6 is 0 Å². The average Bonchev–Trinajstić information content (AvgIpc) is 2.44. The molecule has 2 atom stereocenters. The maximum Gasteiger partial charge on any atom is 0.222 e. The molecule has 1 fully saturated rings. The van der Waals surface area contributed by atoms with Crippen molar-refractivity contribution in [3.05, 3.63) is 11.4 Å². The smallest absolute Gasteiger partial charge is 0.222 e. The Balaban J connectivity index is 2.12. The lowest BCUT2D eigenvalue weighted by Crippen LogP contribution is -2.26. The number of aromatic nitrogens is 2. The van der Waals surface area contributed by atoms with Crippen LogP contribution < -0.4 is 10.1 Å². The molecule has 4 heteroatoms. The Kier molecular flexibility index (Phi) is 5.21. The Morgan fingerprint density at radius 1 is 1.20 bits per heavy atom. The topological polar surface area (TPSA) is 47.0 Å². The molecule has 1 heterocycles. The molecule has 0 aliphatic heterocycles. The standard InChI is InChI=1S/C16H27N3O/c1-5-13-8-7-9-14(10-13)20-16-11(3)15(17-6-2)18-12(4)19-16/h13-14H,5-10H2,1-4H3,(H,17,18,19). The van der Waals surface area contributed by atoms with Gasteiger partial charge in [-0.2, -0.15) is 4.98 Å². The molecule has 0 saturated heterocycles. The largest absolute Gasteiger partial charge is 0.474 e. The van der Waals surface area contributed by atoms with Crippen molar-refractivity contribution in [3.63, 3.8) is 0 Å². The van der Waals surface area contributed by atoms with Crippen LogP contribution in [-0.4, -0.2) is 22.6 Å². The van der Waals surface area contributed by atoms with E-state index in [1.54, 1.807) is 0 Å². The van der Waals surface area contributed by atoms with Gasteiger partial charge in [0, 0.05) is 6.54 Å². The first-order chi connectivity index (χ1) is 9.63. The van der Waals surface area contributed by atoms with E-state index in [1.165, 1.54) is 19.3 Å². The van der Waals surface area contributed by atoms with Crippen molar-refractivity contribution in [2.75, 3.05) is 11.9 Å². The van der Waals surface area contributed by atoms with Crippen LogP contribution in [0, 0.1) is 19.8 Å². The maximum atomic E-state index is 6.19. The summed E-state index contributed by atoms with van der Waals surface area (Å²) in [4.78, 5) is 8.93. The summed E-state index contributed by atoms with van der Waals surface area (Å²) in [5.74, 6) is 3.24. The zero-order valence-electron chi connectivity index (χ0n) is 13.2. The third kappa shape index (κ3) is 3.62. The van der Waals surface area contributed by atoms with Crippen molar-refractivity contribution in [1.82, 2.24) is 9.97 Å². The van der Waals surface area contributed by atoms with Gasteiger partial charge in [0.1, 0.15) is 17.7 Å². The third-order valence-corrected chi connectivity index (χ3v) is 4.15. The van der Waals surface area contributed by atoms with Crippen molar-refractivity contribution < 1.29 is 4.74 Å². The molecule has 20 heavy (non-hydrogen) atoms. The van der Waals surface area contributed by atoms with E-state index >= 15 is 0 Å². The van der Waals surface area contributed by atoms with E-state index in [2.05, 4.69) is 29.1 Å². The average molecular weight is 277 g/mol. The van der Waals surface area contributed by atoms with Crippen LogP contribution in [0.4, 0.5) is 5.82 Å². The number of rotatable bonds is 5. The molecule has 0 bridgehead atoms. The second kappa shape index (κ2) is 6.91. The molecule has 0 amide bonds. The number of aryl methyl sites for hydroxylation is 1. The lowest BCUT2D eigenvalue weighted by molar-refractivity contribution is 0.116. The monoisotopic (exact) mass is 277 g/mol. The molecule has 112 valence electrons. The minimum atomic E-state index is 0.316. The molecule has 0 spiro atoms. The second-order valence-electron chi connectivity index (χ2n) is 5.76. The molecule has 1 aliphatic rings. The van der Waals surface area contributed by atoms with E-state index in [-0.39, 0.29) is 0 Å². The van der Waals surface area contributed by atoms with Crippen molar-refractivity contribution in [3.8, 4) is 5.88 Å². The van der Waals surface area contributed by atoms with Gasteiger partial charge >= 0.3 is 0 Å². The maximum absolute atomic E-state index is 6.19. The zero-order valence-corrected chi connectivity index (χ0v) is 13.2. The Labute approximate surface area is 122 Å². The highest BCUT2D eigenvalue weighted by atomic mass is 16.5. The zero-order chi connectivity index (χ0) is 14.5. The summed E-state index contributed by atoms with van der Waals surface area (Å²) in [6.07, 6.45) is 6.50. The lowest BCUT2D eigenvalue weighted by Gasteiger charge is -2.29. The number of hydrogen-bond donors (Lipinski definition) is 1. The molecule has 1 N–H and O–H groups in total. The van der Waals surface area contributed by atoms with Crippen molar-refractivity contribution >= 4 is 5.82 Å². The van der Waals surface area contributed by atoms with Gasteiger partial charge in [-0.1, -0.05) is 19.8 Å². The molecule has 1 saturated carbocycles. The SMILES string of the molecule is CCNc1nc(C)nc(OC2CCCC(CC)C2)c1C. The van der Waals surface area contributed by atoms with Crippen molar-refractivity contribution in [2.45, 2.75) is 65.9 Å². The normalized spacial score (nSPS) is 22.6. The van der Waals surface area contributed by atoms with E-state index in [0.717, 1.165) is 48.4 Å². The van der Waals surface area contributed by atoms with Gasteiger partial charge in [-0.05, 0) is 46.0 Å². The molecule has 1 aromatic heterocycles. The Bertz CT molecular complexity index is 448. The predicted molar refractivity (Wildman–Crippen MR) is 82.3 cm³/mol. The predicted octanol–water partition coefficient (Wildman–Crippen LogP) is 3.87. The van der Waals surface area contributed by atoms with Gasteiger partial charge < -0.3 is 10.1 Å². The summed E-state index contributed by atoms with van der Waals surface area (Å²) >= 11 is 0. The van der Waals surface area contributed by atoms with Crippen LogP contribution in [0.5, 0.6) is 5.88 Å². The number of hydrogen-bond acceptors (Lipinski definition) is 4. The number of nitrogens with zero attached hydrogens (tertiary/aromatic N) is 2. The highest BCUT2D eigenvalue weighted by Gasteiger charge is 2.23. The number of ether oxygens (including phenoxy) is 1. The van der Waals surface area contributed by atoms with Crippen LogP contribution in [0.15, 0.2) is 0 Å². The van der Waals surface area contributed by atoms with E-state index in [0.29, 0.717) is 6.10 Å². The molecule has 4 nitrogen and oxygen atoms in total. The van der Waals surface area contributed by atoms with Crippen LogP contribution in [-0.2, 0) is 0 Å². The summed E-state index contributed by atoms with van der Waals surface area (Å²) in [5, 5.41) is 3.28. The minimum absolute atomic E-state index is 0.316. The second-order valence-corrected chi connectivity index (χ2v) is 5.76. The molecular weight excluding hydrogens is 250 g/mol. The van der Waals surface area contributed by atoms with Gasteiger partial charge in [0.15, 0.2) is 0 Å². The first-order valence-electron chi connectivity index (χ1n) is 7.89. The van der Waals surface area contributed by atoms with E-state index in [1.807, 2.05) is 13.8 Å². The fraction of sp³-hybridized carbons (Fsp3) is 0.750. The highest BCUT2D eigenvalue weighted by molar-refractivity contribution is 5.48. The van der Waals surface area contributed by atoms with Gasteiger partial charge in [-0.3, -0.25) is 0 Å². The summed E-state index contributed by atoms with van der Waals surface area (Å²) in [7, 11) is 0. The number of anilines is 1. The van der Waals surface area contributed by atoms with Gasteiger partial charge in [0.2, 0.25) is 5.88 Å². The molecule has 0 aromatic carbocycles. The fourth-order valence-corrected chi connectivity index (χ4v) is 2.93. The third-order valence-electron chi connectivity index (χ3n) is 4.15. The molecule has 2 rings (SSSR count). The van der Waals surface area contributed by atoms with Crippen molar-refractivity contribution in [1.29, 1.82) is 0 Å². The van der Waals surface area contributed by atoms with Crippen LogP contribution in [0.1, 0.15) is 57.3 Å². The molecule has 2 unspecified atom stereocenters. The van der Waals surface area contributed by atoms with Crippen LogP contribution in [0.25, 0.3) is 0 Å². The summed E-state index contributed by atoms with van der Waals surface area (Å²) < 4.78 is 6.19. The van der Waals surface area contributed by atoms with Gasteiger partial charge in [-0.25, -0.2) is 4.98 Å². The summed E-state index contributed by atoms with van der Waals surface area (Å²) in [6, 6.07) is 0. The first kappa shape index (κ1) is 15.1. The van der Waals surface area contributed by atoms with Crippen molar-refractivity contribution in [2.24, 2.45) is 5.92 Å². The fourth-order valence-electron chi connectivity index (χ4n) is 2.93. The van der Waals surface area contributed by atoms with E-state index < -0.39 is 0 Å². The lowest BCUT2D eigenvalue weighted by atomic mass is 9.85. The Morgan fingerprint density at radius 3 is 2.70 bits per heavy atom. The number of nitrogens with one attached hydrogen (secondary N) is 1. The molecular formula is C16H27N3O. The van der Waals surface area contributed by atoms with Gasteiger partial charge in [0.25, 0.3) is 0 Å². The summed E-state index contributed by atoms with van der Waals surface area (Å²) in [5.41, 5.74) is 1.02. The Morgan fingerprint density at radius 2 is 2.00 bits per heavy atom. The quantitative estimate of drug-likeness (QED) is 0.887. The van der Waals surface area contributed by atoms with Gasteiger partial charge in [0.05, 0.1) is 5.56 Å².